The first-order valence-corrected chi connectivity index (χ1v) is 15.9. The minimum atomic E-state index is -0.922. The summed E-state index contributed by atoms with van der Waals surface area (Å²) < 4.78 is 11.8. The van der Waals surface area contributed by atoms with Crippen LogP contribution in [0.2, 0.25) is 0 Å². The second kappa shape index (κ2) is 13.4. The zero-order valence-corrected chi connectivity index (χ0v) is 27.2. The lowest BCUT2D eigenvalue weighted by atomic mass is 9.94. The number of hydrogen-bond acceptors (Lipinski definition) is 6. The average molecular weight is 659 g/mol. The van der Waals surface area contributed by atoms with E-state index in [1.54, 1.807) is 72.8 Å². The number of aryl methyl sites for hydroxylation is 2. The summed E-state index contributed by atoms with van der Waals surface area (Å²) in [6.45, 7) is 3.77. The molecule has 4 amide bonds. The molecule has 1 saturated heterocycles. The first kappa shape index (κ1) is 31.8. The van der Waals surface area contributed by atoms with E-state index >= 15 is 0 Å². The van der Waals surface area contributed by atoms with Crippen molar-refractivity contribution in [2.24, 2.45) is 0 Å². The number of rotatable bonds is 9. The van der Waals surface area contributed by atoms with Gasteiger partial charge < -0.3 is 9.47 Å². The number of ketones is 1. The van der Waals surface area contributed by atoms with Gasteiger partial charge in [0.1, 0.15) is 23.0 Å². The molecule has 0 unspecified atom stereocenters. The molecule has 1 aliphatic rings. The fraction of sp³-hybridized carbons (Fsp3) is 0.0476. The Hall–Kier alpha value is -6.80. The van der Waals surface area contributed by atoms with Crippen LogP contribution in [-0.2, 0) is 9.59 Å². The second-order valence-corrected chi connectivity index (χ2v) is 11.8. The van der Waals surface area contributed by atoms with Gasteiger partial charge in [0, 0.05) is 11.1 Å². The zero-order chi connectivity index (χ0) is 34.8. The van der Waals surface area contributed by atoms with E-state index in [0.717, 1.165) is 37.8 Å². The van der Waals surface area contributed by atoms with Gasteiger partial charge in [-0.1, -0.05) is 60.2 Å². The first-order valence-electron chi connectivity index (χ1n) is 15.9. The summed E-state index contributed by atoms with van der Waals surface area (Å²) in [4.78, 5) is 54.2. The van der Waals surface area contributed by atoms with Crippen LogP contribution in [0, 0.1) is 13.8 Å². The lowest BCUT2D eigenvalue weighted by molar-refractivity contribution is -0.133. The first-order chi connectivity index (χ1) is 24.2. The molecule has 7 rings (SSSR count). The highest BCUT2D eigenvalue weighted by atomic mass is 16.5. The Bertz CT molecular complexity index is 2230. The third-order valence-corrected chi connectivity index (χ3v) is 8.36. The van der Waals surface area contributed by atoms with Crippen LogP contribution in [0.4, 0.5) is 16.2 Å². The topological polar surface area (TPSA) is 93.2 Å². The number of carbonyl (C=O) groups excluding carboxylic acids is 4. The smallest absolute Gasteiger partial charge is 0.343 e. The fourth-order valence-corrected chi connectivity index (χ4v) is 5.63. The maximum Gasteiger partial charge on any atom is 0.343 e. The van der Waals surface area contributed by atoms with E-state index in [9.17, 15) is 19.2 Å². The van der Waals surface area contributed by atoms with Crippen LogP contribution in [0.1, 0.15) is 27.0 Å². The van der Waals surface area contributed by atoms with Crippen molar-refractivity contribution in [1.82, 2.24) is 0 Å². The SMILES string of the molecule is Cc1ccc(N2C(=O)C(=O)N(c3ccc(-c4ccc(C)c(C(=O)c5ccc(Oc6ccc(Oc7ccccc7)cc6)cc5)c4)cc3)C2=O)cc1. The summed E-state index contributed by atoms with van der Waals surface area (Å²) in [7, 11) is 0. The fourth-order valence-electron chi connectivity index (χ4n) is 5.63. The number of ether oxygens (including phenoxy) is 2. The Labute approximate surface area is 288 Å². The average Bonchev–Trinajstić information content (AvgIpc) is 3.36. The monoisotopic (exact) mass is 658 g/mol. The highest BCUT2D eigenvalue weighted by Gasteiger charge is 2.46. The van der Waals surface area contributed by atoms with Crippen molar-refractivity contribution in [2.45, 2.75) is 13.8 Å². The van der Waals surface area contributed by atoms with Crippen LogP contribution in [0.5, 0.6) is 23.0 Å². The Morgan fingerprint density at radius 1 is 0.500 bits per heavy atom. The van der Waals surface area contributed by atoms with Crippen molar-refractivity contribution in [3.05, 3.63) is 168 Å². The maximum absolute atomic E-state index is 13.6. The number of nitrogens with zero attached hydrogens (tertiary/aromatic N) is 2. The Morgan fingerprint density at radius 3 is 1.50 bits per heavy atom. The van der Waals surface area contributed by atoms with E-state index in [-0.39, 0.29) is 11.5 Å². The number of anilines is 2. The summed E-state index contributed by atoms with van der Waals surface area (Å²) in [6, 6.07) is 42.2. The quantitative estimate of drug-likeness (QED) is 0.0874. The Kier molecular flexibility index (Phi) is 8.50. The van der Waals surface area contributed by atoms with Crippen molar-refractivity contribution in [3.63, 3.8) is 0 Å². The van der Waals surface area contributed by atoms with Gasteiger partial charge in [-0.05, 0) is 122 Å². The lowest BCUT2D eigenvalue weighted by Gasteiger charge is -2.16. The molecule has 244 valence electrons. The summed E-state index contributed by atoms with van der Waals surface area (Å²) >= 11 is 0. The van der Waals surface area contributed by atoms with Gasteiger partial charge >= 0.3 is 17.8 Å². The highest BCUT2D eigenvalue weighted by Crippen LogP contribution is 2.31. The van der Waals surface area contributed by atoms with E-state index in [0.29, 0.717) is 34.1 Å². The molecule has 0 spiro atoms. The molecule has 0 saturated carbocycles. The minimum absolute atomic E-state index is 0.141. The van der Waals surface area contributed by atoms with Gasteiger partial charge in [0.25, 0.3) is 0 Å². The predicted molar refractivity (Wildman–Crippen MR) is 191 cm³/mol. The van der Waals surface area contributed by atoms with E-state index in [1.807, 2.05) is 86.6 Å². The molecule has 0 aliphatic carbocycles. The van der Waals surface area contributed by atoms with Gasteiger partial charge in [0.15, 0.2) is 5.78 Å². The molecule has 1 heterocycles. The number of hydrogen-bond donors (Lipinski definition) is 0. The van der Waals surface area contributed by atoms with Crippen molar-refractivity contribution in [1.29, 1.82) is 0 Å². The van der Waals surface area contributed by atoms with Crippen LogP contribution < -0.4 is 19.3 Å². The molecule has 6 aromatic rings. The second-order valence-electron chi connectivity index (χ2n) is 11.8. The molecule has 8 nitrogen and oxygen atoms in total. The molecular weight excluding hydrogens is 628 g/mol. The molecule has 50 heavy (non-hydrogen) atoms. The summed E-state index contributed by atoms with van der Waals surface area (Å²) in [5.74, 6) is 0.684. The van der Waals surface area contributed by atoms with Crippen LogP contribution in [0.3, 0.4) is 0 Å². The van der Waals surface area contributed by atoms with Crippen molar-refractivity contribution >= 4 is 35.0 Å². The Balaban J connectivity index is 1.04. The molecule has 8 heteroatoms. The Morgan fingerprint density at radius 2 is 0.960 bits per heavy atom. The van der Waals surface area contributed by atoms with E-state index < -0.39 is 17.8 Å². The molecule has 1 aliphatic heterocycles. The van der Waals surface area contributed by atoms with Gasteiger partial charge in [-0.15, -0.1) is 0 Å². The van der Waals surface area contributed by atoms with E-state index in [4.69, 9.17) is 9.47 Å². The third-order valence-electron chi connectivity index (χ3n) is 8.36. The van der Waals surface area contributed by atoms with Gasteiger partial charge in [0.05, 0.1) is 11.4 Å². The number of para-hydroxylation sites is 1. The van der Waals surface area contributed by atoms with E-state index in [1.165, 1.54) is 0 Å². The van der Waals surface area contributed by atoms with Crippen molar-refractivity contribution < 1.29 is 28.7 Å². The normalized spacial score (nSPS) is 12.7. The summed E-state index contributed by atoms with van der Waals surface area (Å²) in [6.07, 6.45) is 0. The number of urea groups is 1. The third kappa shape index (κ3) is 6.37. The molecule has 0 bridgehead atoms. The number of carbonyl (C=O) groups is 4. The van der Waals surface area contributed by atoms with Crippen LogP contribution in [0.15, 0.2) is 146 Å². The zero-order valence-electron chi connectivity index (χ0n) is 27.2. The van der Waals surface area contributed by atoms with Gasteiger partial charge in [0.2, 0.25) is 0 Å². The minimum Gasteiger partial charge on any atom is -0.457 e. The molecule has 1 fully saturated rings. The van der Waals surface area contributed by atoms with Crippen LogP contribution in [0.25, 0.3) is 11.1 Å². The molecule has 0 atom stereocenters. The highest BCUT2D eigenvalue weighted by molar-refractivity contribution is 6.60. The molecular formula is C42H30N2O6. The van der Waals surface area contributed by atoms with Crippen molar-refractivity contribution in [2.75, 3.05) is 9.80 Å². The van der Waals surface area contributed by atoms with Gasteiger partial charge in [-0.2, -0.15) is 0 Å². The molecule has 0 N–H and O–H groups in total. The van der Waals surface area contributed by atoms with Gasteiger partial charge in [-0.3, -0.25) is 14.4 Å². The number of amides is 4. The molecule has 6 aromatic carbocycles. The maximum atomic E-state index is 13.6. The van der Waals surface area contributed by atoms with E-state index in [2.05, 4.69) is 0 Å². The van der Waals surface area contributed by atoms with Crippen LogP contribution in [-0.4, -0.2) is 23.6 Å². The standard InChI is InChI=1S/C42H30N2O6/c1-27-8-16-32(17-9-27)43-40(46)41(47)44(42(43)48)33-18-12-29(13-19-33)31-11-10-28(2)38(26-31)39(45)30-14-20-35(21-15-30)50-37-24-22-36(23-25-37)49-34-6-4-3-5-7-34/h3-26H,1-2H3. The summed E-state index contributed by atoms with van der Waals surface area (Å²) in [5, 5.41) is 0. The molecule has 0 aromatic heterocycles. The lowest BCUT2D eigenvalue weighted by Crippen LogP contribution is -2.33. The number of benzene rings is 6. The molecule has 0 radical (unpaired) electrons. The number of imide groups is 2. The predicted octanol–water partition coefficient (Wildman–Crippen LogP) is 9.29. The summed E-state index contributed by atoms with van der Waals surface area (Å²) in [5.41, 5.74) is 4.98. The van der Waals surface area contributed by atoms with Crippen molar-refractivity contribution in [3.8, 4) is 34.1 Å². The largest absolute Gasteiger partial charge is 0.457 e. The van der Waals surface area contributed by atoms with Gasteiger partial charge in [-0.25, -0.2) is 14.6 Å². The van der Waals surface area contributed by atoms with Crippen LogP contribution >= 0.6 is 0 Å².